The van der Waals surface area contributed by atoms with Gasteiger partial charge in [0.25, 0.3) is 0 Å². The summed E-state index contributed by atoms with van der Waals surface area (Å²) in [7, 11) is 1.60. The minimum absolute atomic E-state index is 0.463. The highest BCUT2D eigenvalue weighted by Gasteiger charge is 2.22. The number of carboxylic acid groups (broad SMARTS) is 1. The molecule has 0 saturated heterocycles. The van der Waals surface area contributed by atoms with E-state index in [4.69, 9.17) is 4.74 Å². The van der Waals surface area contributed by atoms with E-state index < -0.39 is 17.5 Å². The van der Waals surface area contributed by atoms with Gasteiger partial charge in [0, 0.05) is 0 Å². The van der Waals surface area contributed by atoms with Gasteiger partial charge >= 0.3 is 5.97 Å². The summed E-state index contributed by atoms with van der Waals surface area (Å²) in [6, 6.07) is 7.40. The van der Waals surface area contributed by atoms with Crippen LogP contribution in [-0.4, -0.2) is 28.9 Å². The Balaban J connectivity index is 2.64. The van der Waals surface area contributed by atoms with Gasteiger partial charge in [0.15, 0.2) is 0 Å². The average Bonchev–Trinajstić information content (AvgIpc) is 2.33. The Bertz CT molecular complexity index is 403. The van der Waals surface area contributed by atoms with Gasteiger partial charge in [-0.2, -0.15) is 0 Å². The summed E-state index contributed by atoms with van der Waals surface area (Å²) < 4.78 is 5.06. The number of carboxylic acids is 1. The summed E-state index contributed by atoms with van der Waals surface area (Å²) in [5, 5.41) is 18.9. The molecule has 0 aromatic heterocycles. The highest BCUT2D eigenvalue weighted by molar-refractivity contribution is 5.70. The second-order valence-electron chi connectivity index (χ2n) is 5.44. The lowest BCUT2D eigenvalue weighted by atomic mass is 9.90. The molecule has 106 valence electrons. The van der Waals surface area contributed by atoms with Crippen LogP contribution in [0.3, 0.4) is 0 Å². The molecule has 1 unspecified atom stereocenters. The van der Waals surface area contributed by atoms with Crippen molar-refractivity contribution in [1.82, 2.24) is 0 Å². The highest BCUT2D eigenvalue weighted by atomic mass is 16.5. The van der Waals surface area contributed by atoms with Crippen LogP contribution >= 0.6 is 0 Å². The first-order chi connectivity index (χ1) is 8.81. The Kier molecular flexibility index (Phi) is 5.36. The number of hydrogen-bond donors (Lipinski definition) is 2. The second kappa shape index (κ2) is 6.57. The van der Waals surface area contributed by atoms with Crippen molar-refractivity contribution in [2.24, 2.45) is 5.92 Å². The number of rotatable bonds is 7. The van der Waals surface area contributed by atoms with E-state index in [-0.39, 0.29) is 0 Å². The Morgan fingerprint density at radius 2 is 1.89 bits per heavy atom. The van der Waals surface area contributed by atoms with Crippen molar-refractivity contribution in [3.05, 3.63) is 29.8 Å². The molecule has 0 fully saturated rings. The van der Waals surface area contributed by atoms with Crippen LogP contribution < -0.4 is 4.74 Å². The van der Waals surface area contributed by atoms with Gasteiger partial charge in [-0.1, -0.05) is 12.1 Å². The quantitative estimate of drug-likeness (QED) is 0.795. The van der Waals surface area contributed by atoms with Gasteiger partial charge in [-0.15, -0.1) is 0 Å². The molecule has 19 heavy (non-hydrogen) atoms. The highest BCUT2D eigenvalue weighted by Crippen LogP contribution is 2.21. The molecule has 0 radical (unpaired) electrons. The molecule has 0 heterocycles. The first-order valence-corrected chi connectivity index (χ1v) is 6.40. The van der Waals surface area contributed by atoms with E-state index in [0.29, 0.717) is 19.3 Å². The lowest BCUT2D eigenvalue weighted by molar-refractivity contribution is -0.142. The van der Waals surface area contributed by atoms with E-state index in [1.807, 2.05) is 24.3 Å². The van der Waals surface area contributed by atoms with Gasteiger partial charge in [-0.3, -0.25) is 4.79 Å². The summed E-state index contributed by atoms with van der Waals surface area (Å²) in [6.07, 6.45) is 1.40. The van der Waals surface area contributed by atoms with Crippen LogP contribution in [0.1, 0.15) is 32.3 Å². The van der Waals surface area contributed by atoms with E-state index in [1.165, 1.54) is 0 Å². The number of hydrogen-bond acceptors (Lipinski definition) is 3. The molecule has 1 aromatic carbocycles. The lowest BCUT2D eigenvalue weighted by Gasteiger charge is -2.20. The molecule has 4 nitrogen and oxygen atoms in total. The van der Waals surface area contributed by atoms with Crippen molar-refractivity contribution in [2.75, 3.05) is 7.11 Å². The van der Waals surface area contributed by atoms with Gasteiger partial charge in [0.1, 0.15) is 5.75 Å². The Morgan fingerprint density at radius 1 is 1.32 bits per heavy atom. The van der Waals surface area contributed by atoms with E-state index in [1.54, 1.807) is 21.0 Å². The minimum atomic E-state index is -0.826. The molecule has 4 heteroatoms. The van der Waals surface area contributed by atoms with Crippen molar-refractivity contribution in [3.63, 3.8) is 0 Å². The number of aliphatic hydroxyl groups is 1. The van der Waals surface area contributed by atoms with Gasteiger partial charge < -0.3 is 14.9 Å². The van der Waals surface area contributed by atoms with Gasteiger partial charge in [-0.05, 0) is 50.8 Å². The van der Waals surface area contributed by atoms with E-state index in [9.17, 15) is 15.0 Å². The SMILES string of the molecule is COc1ccc(CC(CCC(C)(C)O)C(=O)O)cc1. The predicted molar refractivity (Wildman–Crippen MR) is 73.4 cm³/mol. The summed E-state index contributed by atoms with van der Waals surface area (Å²) in [5.41, 5.74) is 0.136. The molecule has 0 amide bonds. The monoisotopic (exact) mass is 266 g/mol. The molecule has 1 rings (SSSR count). The molecular weight excluding hydrogens is 244 g/mol. The third-order valence-corrected chi connectivity index (χ3v) is 3.09. The molecular formula is C15H22O4. The van der Waals surface area contributed by atoms with Crippen LogP contribution in [0, 0.1) is 5.92 Å². The maximum Gasteiger partial charge on any atom is 0.306 e. The smallest absolute Gasteiger partial charge is 0.306 e. The van der Waals surface area contributed by atoms with Crippen molar-refractivity contribution < 1.29 is 19.7 Å². The van der Waals surface area contributed by atoms with Gasteiger partial charge in [-0.25, -0.2) is 0 Å². The van der Waals surface area contributed by atoms with E-state index in [0.717, 1.165) is 11.3 Å². The summed E-state index contributed by atoms with van der Waals surface area (Å²) in [6.45, 7) is 3.39. The Hall–Kier alpha value is -1.55. The van der Waals surface area contributed by atoms with Crippen LogP contribution in [0.4, 0.5) is 0 Å². The molecule has 0 aliphatic carbocycles. The van der Waals surface area contributed by atoms with Crippen LogP contribution in [-0.2, 0) is 11.2 Å². The van der Waals surface area contributed by atoms with Gasteiger partial charge in [0.2, 0.25) is 0 Å². The largest absolute Gasteiger partial charge is 0.497 e. The zero-order chi connectivity index (χ0) is 14.5. The zero-order valence-corrected chi connectivity index (χ0v) is 11.7. The van der Waals surface area contributed by atoms with Crippen LogP contribution in [0.5, 0.6) is 5.75 Å². The number of ether oxygens (including phenoxy) is 1. The predicted octanol–water partition coefficient (Wildman–Crippen LogP) is 2.49. The van der Waals surface area contributed by atoms with E-state index >= 15 is 0 Å². The molecule has 0 bridgehead atoms. The number of carbonyl (C=O) groups is 1. The molecule has 0 aliphatic rings. The number of aliphatic carboxylic acids is 1. The molecule has 0 aliphatic heterocycles. The number of methoxy groups -OCH3 is 1. The second-order valence-corrected chi connectivity index (χ2v) is 5.44. The maximum absolute atomic E-state index is 11.2. The molecule has 1 aromatic rings. The number of benzene rings is 1. The van der Waals surface area contributed by atoms with Crippen LogP contribution in [0.2, 0.25) is 0 Å². The molecule has 2 N–H and O–H groups in total. The zero-order valence-electron chi connectivity index (χ0n) is 11.7. The standard InChI is InChI=1S/C15H22O4/c1-15(2,18)9-8-12(14(16)17)10-11-4-6-13(19-3)7-5-11/h4-7,12,18H,8-10H2,1-3H3,(H,16,17). The third-order valence-electron chi connectivity index (χ3n) is 3.09. The Labute approximate surface area is 114 Å². The lowest BCUT2D eigenvalue weighted by Crippen LogP contribution is -2.24. The first-order valence-electron chi connectivity index (χ1n) is 6.40. The molecule has 0 spiro atoms. The molecule has 1 atom stereocenters. The Morgan fingerprint density at radius 3 is 2.32 bits per heavy atom. The first kappa shape index (κ1) is 15.5. The van der Waals surface area contributed by atoms with Crippen LogP contribution in [0.15, 0.2) is 24.3 Å². The maximum atomic E-state index is 11.2. The third kappa shape index (κ3) is 5.75. The summed E-state index contributed by atoms with van der Waals surface area (Å²) >= 11 is 0. The van der Waals surface area contributed by atoms with Gasteiger partial charge in [0.05, 0.1) is 18.6 Å². The summed E-state index contributed by atoms with van der Waals surface area (Å²) in [5.74, 6) is -0.535. The average molecular weight is 266 g/mol. The van der Waals surface area contributed by atoms with Crippen LogP contribution in [0.25, 0.3) is 0 Å². The molecule has 0 saturated carbocycles. The fraction of sp³-hybridized carbons (Fsp3) is 0.533. The normalized spacial score (nSPS) is 13.1. The van der Waals surface area contributed by atoms with Crippen molar-refractivity contribution in [1.29, 1.82) is 0 Å². The van der Waals surface area contributed by atoms with E-state index in [2.05, 4.69) is 0 Å². The minimum Gasteiger partial charge on any atom is -0.497 e. The fourth-order valence-corrected chi connectivity index (χ4v) is 1.89. The van der Waals surface area contributed by atoms with Crippen molar-refractivity contribution in [2.45, 2.75) is 38.7 Å². The summed E-state index contributed by atoms with van der Waals surface area (Å²) in [4.78, 5) is 11.2. The van der Waals surface area contributed by atoms with Crippen molar-refractivity contribution >= 4 is 5.97 Å². The topological polar surface area (TPSA) is 66.8 Å². The van der Waals surface area contributed by atoms with Crippen molar-refractivity contribution in [3.8, 4) is 5.75 Å². The fourth-order valence-electron chi connectivity index (χ4n) is 1.89.